The molecule has 0 saturated carbocycles. The molecule has 0 N–H and O–H groups in total. The summed E-state index contributed by atoms with van der Waals surface area (Å²) in [6, 6.07) is -0.734. The molecule has 0 fully saturated rings. The number of aliphatic carboxylic acids is 1. The zero-order chi connectivity index (χ0) is 49.2. The largest absolute Gasteiger partial charge is 0.544 e. The van der Waals surface area contributed by atoms with Crippen molar-refractivity contribution in [2.75, 3.05) is 41.0 Å². The first kappa shape index (κ1) is 63.2. The number of likely N-dealkylation sites (N-methyl/N-ethyl adjacent to an activating group) is 1. The van der Waals surface area contributed by atoms with E-state index in [1.807, 2.05) is 0 Å². The van der Waals surface area contributed by atoms with Gasteiger partial charge in [-0.25, -0.2) is 0 Å². The van der Waals surface area contributed by atoms with Gasteiger partial charge in [-0.05, 0) is 89.9 Å². The van der Waals surface area contributed by atoms with Crippen LogP contribution in [-0.2, 0) is 28.6 Å². The molecule has 0 aliphatic rings. The normalized spacial score (nSPS) is 13.6. The topological polar surface area (TPSA) is 102 Å². The summed E-state index contributed by atoms with van der Waals surface area (Å²) < 4.78 is 17.3. The van der Waals surface area contributed by atoms with Crippen LogP contribution in [0.1, 0.15) is 206 Å². The first-order chi connectivity index (χ1) is 32.6. The van der Waals surface area contributed by atoms with Gasteiger partial charge in [0.15, 0.2) is 6.10 Å². The molecule has 0 aliphatic heterocycles. The Bertz CT molecular complexity index is 1410. The number of unbranched alkanes of at least 4 members (excludes halogenated alkanes) is 17. The van der Waals surface area contributed by atoms with E-state index in [-0.39, 0.29) is 42.7 Å². The molecule has 8 heteroatoms. The van der Waals surface area contributed by atoms with Gasteiger partial charge in [-0.15, -0.1) is 0 Å². The number of hydrogen-bond donors (Lipinski definition) is 0. The molecule has 0 aromatic heterocycles. The molecule has 0 aromatic carbocycles. The average molecular weight is 934 g/mol. The summed E-state index contributed by atoms with van der Waals surface area (Å²) in [7, 11) is 5.41. The van der Waals surface area contributed by atoms with E-state index in [1.54, 1.807) is 21.1 Å². The minimum atomic E-state index is -1.13. The summed E-state index contributed by atoms with van der Waals surface area (Å²) in [6.07, 6.45) is 65.8. The third kappa shape index (κ3) is 47.1. The summed E-state index contributed by atoms with van der Waals surface area (Å²) in [6.45, 7) is 4.43. The zero-order valence-electron chi connectivity index (χ0n) is 43.5. The van der Waals surface area contributed by atoms with Gasteiger partial charge in [-0.1, -0.05) is 195 Å². The van der Waals surface area contributed by atoms with Crippen molar-refractivity contribution in [1.82, 2.24) is 0 Å². The third-order valence-electron chi connectivity index (χ3n) is 11.5. The lowest BCUT2D eigenvalue weighted by Crippen LogP contribution is -2.55. The number of quaternary nitrogens is 1. The Hall–Kier alpha value is -3.75. The number of nitrogens with zero attached hydrogens (tertiary/aromatic N) is 1. The van der Waals surface area contributed by atoms with Gasteiger partial charge in [0.1, 0.15) is 12.6 Å². The second-order valence-electron chi connectivity index (χ2n) is 18.7. The smallest absolute Gasteiger partial charge is 0.306 e. The van der Waals surface area contributed by atoms with E-state index < -0.39 is 18.1 Å². The Morgan fingerprint density at radius 2 is 0.791 bits per heavy atom. The number of allylic oxidation sites excluding steroid dienone is 16. The van der Waals surface area contributed by atoms with E-state index in [9.17, 15) is 19.5 Å². The Morgan fingerprint density at radius 1 is 0.448 bits per heavy atom. The average Bonchev–Trinajstić information content (AvgIpc) is 3.29. The van der Waals surface area contributed by atoms with Crippen molar-refractivity contribution < 1.29 is 38.2 Å². The molecule has 0 bridgehead atoms. The van der Waals surface area contributed by atoms with Crippen LogP contribution in [0.4, 0.5) is 0 Å². The SMILES string of the molecule is CC/C=C/C/C=C/C/C=C/C/C=C/C/C=C/CCCCCCCCCC(=O)OCC(COCCC(C(=O)[O-])[N+](C)(C)C)OC(=O)CCCCCCCCCCCC/C=C/C/C=C/C/C=C/CC. The van der Waals surface area contributed by atoms with Crippen molar-refractivity contribution in [2.24, 2.45) is 0 Å². The van der Waals surface area contributed by atoms with E-state index in [0.29, 0.717) is 12.8 Å². The highest BCUT2D eigenvalue weighted by Crippen LogP contribution is 2.15. The Labute approximate surface area is 411 Å². The Kier molecular flexibility index (Phi) is 46.0. The zero-order valence-corrected chi connectivity index (χ0v) is 43.5. The monoisotopic (exact) mass is 934 g/mol. The molecule has 67 heavy (non-hydrogen) atoms. The van der Waals surface area contributed by atoms with E-state index in [2.05, 4.69) is 111 Å². The second-order valence-corrected chi connectivity index (χ2v) is 18.7. The molecule has 0 spiro atoms. The maximum atomic E-state index is 12.8. The van der Waals surface area contributed by atoms with Gasteiger partial charge in [0, 0.05) is 19.3 Å². The standard InChI is InChI=1S/C59H99NO7/c1-6-8-10-12-14-16-18-20-22-24-26-28-29-30-32-33-35-37-39-41-43-45-47-49-57(61)66-54-55(53-65-52-51-56(59(63)64)60(3,4)5)67-58(62)50-48-46-44-42-40-38-36-34-31-27-25-23-21-19-17-15-13-11-9-7-2/h8-11,14-17,20-23,26,28,30,32,55-56H,6-7,12-13,18-19,24-25,27,29,31,33-54H2,1-5H3/b10-8+,11-9+,16-14+,17-15+,22-20+,23-21+,28-26+,32-30+. The first-order valence-electron chi connectivity index (χ1n) is 26.8. The summed E-state index contributed by atoms with van der Waals surface area (Å²) in [5, 5.41) is 11.7. The number of ether oxygens (including phenoxy) is 3. The number of hydrogen-bond acceptors (Lipinski definition) is 7. The van der Waals surface area contributed by atoms with Crippen molar-refractivity contribution in [1.29, 1.82) is 0 Å². The predicted octanol–water partition coefficient (Wildman–Crippen LogP) is 14.5. The van der Waals surface area contributed by atoms with Crippen molar-refractivity contribution in [3.8, 4) is 0 Å². The van der Waals surface area contributed by atoms with Crippen molar-refractivity contribution in [3.05, 3.63) is 97.2 Å². The van der Waals surface area contributed by atoms with Crippen molar-refractivity contribution in [2.45, 2.75) is 219 Å². The van der Waals surface area contributed by atoms with Crippen LogP contribution < -0.4 is 5.11 Å². The molecular weight excluding hydrogens is 835 g/mol. The van der Waals surface area contributed by atoms with Crippen LogP contribution in [0, 0.1) is 0 Å². The number of rotatable bonds is 47. The van der Waals surface area contributed by atoms with Gasteiger partial charge in [-0.2, -0.15) is 0 Å². The van der Waals surface area contributed by atoms with E-state index in [1.165, 1.54) is 77.0 Å². The fourth-order valence-electron chi connectivity index (χ4n) is 7.41. The summed E-state index contributed by atoms with van der Waals surface area (Å²) in [4.78, 5) is 37.1. The highest BCUT2D eigenvalue weighted by Gasteiger charge is 2.25. The van der Waals surface area contributed by atoms with Gasteiger partial charge in [0.2, 0.25) is 0 Å². The summed E-state index contributed by atoms with van der Waals surface area (Å²) in [5.41, 5.74) is 0. The molecule has 382 valence electrons. The molecule has 0 saturated heterocycles. The molecule has 0 aromatic rings. The maximum absolute atomic E-state index is 12.8. The minimum Gasteiger partial charge on any atom is -0.544 e. The van der Waals surface area contributed by atoms with Crippen LogP contribution in [0.25, 0.3) is 0 Å². The van der Waals surface area contributed by atoms with E-state index >= 15 is 0 Å². The lowest BCUT2D eigenvalue weighted by Gasteiger charge is -2.34. The third-order valence-corrected chi connectivity index (χ3v) is 11.5. The minimum absolute atomic E-state index is 0.0305. The highest BCUT2D eigenvalue weighted by molar-refractivity contribution is 5.70. The fraction of sp³-hybridized carbons (Fsp3) is 0.678. The first-order valence-corrected chi connectivity index (χ1v) is 26.8. The lowest BCUT2D eigenvalue weighted by molar-refractivity contribution is -0.889. The number of carboxylic acid groups (broad SMARTS) is 1. The van der Waals surface area contributed by atoms with E-state index in [0.717, 1.165) is 96.3 Å². The van der Waals surface area contributed by atoms with Gasteiger partial charge >= 0.3 is 11.9 Å². The second kappa shape index (κ2) is 48.7. The maximum Gasteiger partial charge on any atom is 0.306 e. The molecule has 2 atom stereocenters. The lowest BCUT2D eigenvalue weighted by atomic mass is 10.0. The molecule has 0 rings (SSSR count). The number of esters is 2. The summed E-state index contributed by atoms with van der Waals surface area (Å²) in [5.74, 6) is -1.76. The van der Waals surface area contributed by atoms with Crippen LogP contribution >= 0.6 is 0 Å². The quantitative estimate of drug-likeness (QED) is 0.0259. The Morgan fingerprint density at radius 3 is 1.16 bits per heavy atom. The van der Waals surface area contributed by atoms with Gasteiger partial charge < -0.3 is 28.6 Å². The highest BCUT2D eigenvalue weighted by atomic mass is 16.6. The van der Waals surface area contributed by atoms with Crippen LogP contribution in [0.5, 0.6) is 0 Å². The molecular formula is C59H99NO7. The molecule has 0 aliphatic carbocycles. The van der Waals surface area contributed by atoms with Crippen molar-refractivity contribution >= 4 is 17.9 Å². The number of carbonyl (C=O) groups excluding carboxylic acids is 3. The van der Waals surface area contributed by atoms with Gasteiger partial charge in [0.05, 0.1) is 40.3 Å². The number of carbonyl (C=O) groups is 3. The van der Waals surface area contributed by atoms with Crippen LogP contribution in [0.3, 0.4) is 0 Å². The Balaban J connectivity index is 4.26. The van der Waals surface area contributed by atoms with Gasteiger partial charge in [0.25, 0.3) is 0 Å². The number of carboxylic acids is 1. The van der Waals surface area contributed by atoms with Crippen LogP contribution in [-0.4, -0.2) is 75.5 Å². The predicted molar refractivity (Wildman–Crippen MR) is 281 cm³/mol. The fourth-order valence-corrected chi connectivity index (χ4v) is 7.41. The molecule has 2 unspecified atom stereocenters. The van der Waals surface area contributed by atoms with Crippen LogP contribution in [0.2, 0.25) is 0 Å². The molecule has 0 heterocycles. The van der Waals surface area contributed by atoms with Crippen molar-refractivity contribution in [3.63, 3.8) is 0 Å². The van der Waals surface area contributed by atoms with Crippen LogP contribution in [0.15, 0.2) is 97.2 Å². The van der Waals surface area contributed by atoms with Gasteiger partial charge in [-0.3, -0.25) is 9.59 Å². The molecule has 0 radical (unpaired) electrons. The molecule has 0 amide bonds. The van der Waals surface area contributed by atoms with E-state index in [4.69, 9.17) is 14.2 Å². The summed E-state index contributed by atoms with van der Waals surface area (Å²) >= 11 is 0. The molecule has 8 nitrogen and oxygen atoms in total.